The zero-order valence-electron chi connectivity index (χ0n) is 9.48. The second-order valence-corrected chi connectivity index (χ2v) is 5.18. The summed E-state index contributed by atoms with van der Waals surface area (Å²) in [5.74, 6) is 0. The van der Waals surface area contributed by atoms with E-state index in [1.165, 1.54) is 25.7 Å². The molecule has 2 atom stereocenters. The summed E-state index contributed by atoms with van der Waals surface area (Å²) in [4.78, 5) is 0. The minimum Gasteiger partial charge on any atom is -0.315 e. The molecule has 0 saturated heterocycles. The summed E-state index contributed by atoms with van der Waals surface area (Å²) in [5.41, 5.74) is 0.247. The highest BCUT2D eigenvalue weighted by Gasteiger charge is 2.26. The normalized spacial score (nSPS) is 30.5. The van der Waals surface area contributed by atoms with E-state index in [9.17, 15) is 0 Å². The van der Waals surface area contributed by atoms with Crippen molar-refractivity contribution in [3.63, 3.8) is 0 Å². The first-order valence-corrected chi connectivity index (χ1v) is 5.48. The standard InChI is InChI=1S/C11H24N2/c1-11(2,3)13-10-8-6-5-7-9(10)12-4/h9-10,12-13H,5-8H2,1-4H3. The van der Waals surface area contributed by atoms with Crippen LogP contribution in [0.5, 0.6) is 0 Å². The monoisotopic (exact) mass is 184 g/mol. The van der Waals surface area contributed by atoms with Crippen molar-refractivity contribution in [1.82, 2.24) is 10.6 Å². The molecule has 0 bridgehead atoms. The molecule has 0 radical (unpaired) electrons. The van der Waals surface area contributed by atoms with Gasteiger partial charge in [-0.15, -0.1) is 0 Å². The van der Waals surface area contributed by atoms with Gasteiger partial charge >= 0.3 is 0 Å². The van der Waals surface area contributed by atoms with Crippen LogP contribution in [0.1, 0.15) is 46.5 Å². The van der Waals surface area contributed by atoms with Gasteiger partial charge in [0.1, 0.15) is 0 Å². The molecule has 1 aliphatic rings. The molecule has 2 N–H and O–H groups in total. The predicted molar refractivity (Wildman–Crippen MR) is 58.0 cm³/mol. The fourth-order valence-electron chi connectivity index (χ4n) is 2.21. The van der Waals surface area contributed by atoms with E-state index in [-0.39, 0.29) is 5.54 Å². The summed E-state index contributed by atoms with van der Waals surface area (Å²) in [6.07, 6.45) is 5.41. The van der Waals surface area contributed by atoms with Crippen LogP contribution in [0.4, 0.5) is 0 Å². The number of likely N-dealkylation sites (N-methyl/N-ethyl adjacent to an activating group) is 1. The van der Waals surface area contributed by atoms with Crippen LogP contribution in [0.25, 0.3) is 0 Å². The van der Waals surface area contributed by atoms with Crippen LogP contribution >= 0.6 is 0 Å². The molecule has 1 rings (SSSR count). The van der Waals surface area contributed by atoms with Crippen LogP contribution in [0.3, 0.4) is 0 Å². The van der Waals surface area contributed by atoms with E-state index in [0.717, 1.165) is 0 Å². The number of hydrogen-bond donors (Lipinski definition) is 2. The van der Waals surface area contributed by atoms with Gasteiger partial charge in [-0.1, -0.05) is 12.8 Å². The van der Waals surface area contributed by atoms with Gasteiger partial charge in [-0.3, -0.25) is 0 Å². The Bertz CT molecular complexity index is 149. The van der Waals surface area contributed by atoms with Crippen LogP contribution in [0.15, 0.2) is 0 Å². The van der Waals surface area contributed by atoms with E-state index in [1.54, 1.807) is 0 Å². The molecule has 2 nitrogen and oxygen atoms in total. The number of nitrogens with one attached hydrogen (secondary N) is 2. The molecule has 0 aliphatic heterocycles. The maximum Gasteiger partial charge on any atom is 0.0225 e. The largest absolute Gasteiger partial charge is 0.315 e. The van der Waals surface area contributed by atoms with Gasteiger partial charge in [0.05, 0.1) is 0 Å². The second-order valence-electron chi connectivity index (χ2n) is 5.18. The lowest BCUT2D eigenvalue weighted by Gasteiger charge is -2.37. The molecule has 1 saturated carbocycles. The Labute approximate surface area is 82.5 Å². The number of hydrogen-bond acceptors (Lipinski definition) is 2. The molecule has 0 amide bonds. The van der Waals surface area contributed by atoms with Crippen molar-refractivity contribution in [2.75, 3.05) is 7.05 Å². The Balaban J connectivity index is 2.45. The summed E-state index contributed by atoms with van der Waals surface area (Å²) in [7, 11) is 2.08. The Hall–Kier alpha value is -0.0800. The third kappa shape index (κ3) is 3.65. The quantitative estimate of drug-likeness (QED) is 0.685. The maximum atomic E-state index is 3.70. The first kappa shape index (κ1) is 11.0. The van der Waals surface area contributed by atoms with Crippen molar-refractivity contribution in [2.45, 2.75) is 64.1 Å². The van der Waals surface area contributed by atoms with Gasteiger partial charge in [-0.05, 0) is 40.7 Å². The summed E-state index contributed by atoms with van der Waals surface area (Å²) >= 11 is 0. The lowest BCUT2D eigenvalue weighted by Crippen LogP contribution is -2.54. The number of rotatable bonds is 2. The van der Waals surface area contributed by atoms with E-state index in [4.69, 9.17) is 0 Å². The molecule has 13 heavy (non-hydrogen) atoms. The molecule has 2 heteroatoms. The van der Waals surface area contributed by atoms with Crippen LogP contribution < -0.4 is 10.6 Å². The highest BCUT2D eigenvalue weighted by atomic mass is 15.0. The summed E-state index contributed by atoms with van der Waals surface area (Å²) in [6, 6.07) is 1.34. The van der Waals surface area contributed by atoms with Gasteiger partial charge in [0.2, 0.25) is 0 Å². The molecule has 0 spiro atoms. The highest BCUT2D eigenvalue weighted by Crippen LogP contribution is 2.20. The van der Waals surface area contributed by atoms with Crippen molar-refractivity contribution >= 4 is 0 Å². The van der Waals surface area contributed by atoms with Crippen LogP contribution in [-0.4, -0.2) is 24.7 Å². The molecule has 78 valence electrons. The van der Waals surface area contributed by atoms with Crippen molar-refractivity contribution in [1.29, 1.82) is 0 Å². The summed E-state index contributed by atoms with van der Waals surface area (Å²) in [6.45, 7) is 6.73. The minimum absolute atomic E-state index is 0.247. The van der Waals surface area contributed by atoms with Crippen LogP contribution in [0.2, 0.25) is 0 Å². The fourth-order valence-corrected chi connectivity index (χ4v) is 2.21. The van der Waals surface area contributed by atoms with Gasteiger partial charge in [-0.2, -0.15) is 0 Å². The van der Waals surface area contributed by atoms with Crippen molar-refractivity contribution < 1.29 is 0 Å². The van der Waals surface area contributed by atoms with Crippen molar-refractivity contribution in [3.05, 3.63) is 0 Å². The molecule has 2 unspecified atom stereocenters. The smallest absolute Gasteiger partial charge is 0.0225 e. The summed E-state index contributed by atoms with van der Waals surface area (Å²) in [5, 5.41) is 7.11. The molecule has 0 heterocycles. The fraction of sp³-hybridized carbons (Fsp3) is 1.00. The molecule has 1 fully saturated rings. The SMILES string of the molecule is CNC1CCCCC1NC(C)(C)C. The Morgan fingerprint density at radius 1 is 1.00 bits per heavy atom. The molecular weight excluding hydrogens is 160 g/mol. The predicted octanol–water partition coefficient (Wildman–Crippen LogP) is 1.91. The Morgan fingerprint density at radius 3 is 2.00 bits per heavy atom. The summed E-state index contributed by atoms with van der Waals surface area (Å²) < 4.78 is 0. The third-order valence-electron chi connectivity index (χ3n) is 2.76. The third-order valence-corrected chi connectivity index (χ3v) is 2.76. The van der Waals surface area contributed by atoms with Gasteiger partial charge in [0, 0.05) is 17.6 Å². The zero-order valence-corrected chi connectivity index (χ0v) is 9.48. The molecule has 0 aromatic heterocycles. The lowest BCUT2D eigenvalue weighted by atomic mass is 9.88. The molecule has 1 aliphatic carbocycles. The maximum absolute atomic E-state index is 3.70. The average Bonchev–Trinajstić information content (AvgIpc) is 2.02. The average molecular weight is 184 g/mol. The lowest BCUT2D eigenvalue weighted by molar-refractivity contribution is 0.245. The topological polar surface area (TPSA) is 24.1 Å². The minimum atomic E-state index is 0.247. The molecule has 0 aromatic carbocycles. The van der Waals surface area contributed by atoms with Crippen LogP contribution in [0, 0.1) is 0 Å². The second kappa shape index (κ2) is 4.43. The first-order valence-electron chi connectivity index (χ1n) is 5.48. The molecule has 0 aromatic rings. The van der Waals surface area contributed by atoms with Crippen molar-refractivity contribution in [3.8, 4) is 0 Å². The van der Waals surface area contributed by atoms with Gasteiger partial charge in [0.25, 0.3) is 0 Å². The first-order chi connectivity index (χ1) is 6.03. The molecular formula is C11H24N2. The van der Waals surface area contributed by atoms with Gasteiger partial charge in [-0.25, -0.2) is 0 Å². The van der Waals surface area contributed by atoms with Crippen molar-refractivity contribution in [2.24, 2.45) is 0 Å². The van der Waals surface area contributed by atoms with Gasteiger partial charge in [0.15, 0.2) is 0 Å². The Morgan fingerprint density at radius 2 is 1.54 bits per heavy atom. The van der Waals surface area contributed by atoms with E-state index < -0.39 is 0 Å². The van der Waals surface area contributed by atoms with E-state index in [2.05, 4.69) is 38.5 Å². The zero-order chi connectivity index (χ0) is 9.90. The van der Waals surface area contributed by atoms with E-state index in [1.807, 2.05) is 0 Å². The van der Waals surface area contributed by atoms with E-state index in [0.29, 0.717) is 12.1 Å². The van der Waals surface area contributed by atoms with E-state index >= 15 is 0 Å². The Kier molecular flexibility index (Phi) is 3.74. The highest BCUT2D eigenvalue weighted by molar-refractivity contribution is 4.89. The van der Waals surface area contributed by atoms with Crippen LogP contribution in [-0.2, 0) is 0 Å². The van der Waals surface area contributed by atoms with Gasteiger partial charge < -0.3 is 10.6 Å².